The molecule has 0 bridgehead atoms. The van der Waals surface area contributed by atoms with Crippen LogP contribution in [0, 0.1) is 0 Å². The molecular weight excluding hydrogens is 275 g/mol. The van der Waals surface area contributed by atoms with E-state index in [1.165, 1.54) is 0 Å². The lowest BCUT2D eigenvalue weighted by Gasteiger charge is -2.27. The lowest BCUT2D eigenvalue weighted by atomic mass is 10.2. The number of hydrogen-bond acceptors (Lipinski definition) is 2. The van der Waals surface area contributed by atoms with E-state index in [0.717, 1.165) is 0 Å². The largest absolute Gasteiger partial charge is 0.518 e. The van der Waals surface area contributed by atoms with Crippen LogP contribution in [-0.4, -0.2) is 16.6 Å². The summed E-state index contributed by atoms with van der Waals surface area (Å²) in [5.74, 6) is -0.352. The fourth-order valence-corrected chi connectivity index (χ4v) is 2.83. The van der Waals surface area contributed by atoms with Crippen LogP contribution in [0.3, 0.4) is 0 Å². The van der Waals surface area contributed by atoms with E-state index in [9.17, 15) is 4.39 Å². The van der Waals surface area contributed by atoms with Crippen molar-refractivity contribution in [1.29, 1.82) is 0 Å². The Morgan fingerprint density at radius 1 is 0.842 bits per heavy atom. The van der Waals surface area contributed by atoms with Crippen LogP contribution in [0.4, 0.5) is 4.39 Å². The lowest BCUT2D eigenvalue weighted by molar-refractivity contribution is 0.213. The first-order valence-corrected chi connectivity index (χ1v) is 13.2. The highest BCUT2D eigenvalue weighted by molar-refractivity contribution is 6.71. The van der Waals surface area contributed by atoms with E-state index in [1.807, 2.05) is 45.3 Å². The molecule has 0 aliphatic heterocycles. The molecule has 0 aliphatic rings. The standard InChI is InChI=1S/C14H23FO2Si2/c1-18(2,3)16-14(17-19(4,5)6)13(15)12-10-8-7-9-11-12/h7-11H,1-6H3. The van der Waals surface area contributed by atoms with Gasteiger partial charge < -0.3 is 8.85 Å². The Hall–Kier alpha value is -1.08. The first-order chi connectivity index (χ1) is 8.58. The monoisotopic (exact) mass is 298 g/mol. The fraction of sp³-hybridized carbons (Fsp3) is 0.429. The van der Waals surface area contributed by atoms with E-state index < -0.39 is 22.5 Å². The second-order valence-electron chi connectivity index (χ2n) is 6.40. The second kappa shape index (κ2) is 5.92. The van der Waals surface area contributed by atoms with Crippen LogP contribution in [0.1, 0.15) is 5.56 Å². The molecule has 1 aromatic rings. The van der Waals surface area contributed by atoms with E-state index in [0.29, 0.717) is 5.56 Å². The zero-order valence-electron chi connectivity index (χ0n) is 12.6. The molecule has 0 aromatic heterocycles. The van der Waals surface area contributed by atoms with Crippen molar-refractivity contribution in [3.63, 3.8) is 0 Å². The molecule has 1 aromatic carbocycles. The molecule has 0 radical (unpaired) electrons. The first kappa shape index (κ1) is 16.0. The van der Waals surface area contributed by atoms with Gasteiger partial charge in [0, 0.05) is 5.56 Å². The smallest absolute Gasteiger partial charge is 0.289 e. The highest BCUT2D eigenvalue weighted by atomic mass is 28.4. The maximum absolute atomic E-state index is 14.5. The molecule has 0 saturated heterocycles. The third-order valence-corrected chi connectivity index (χ3v) is 3.60. The number of benzene rings is 1. The van der Waals surface area contributed by atoms with Crippen molar-refractivity contribution >= 4 is 22.5 Å². The molecule has 0 atom stereocenters. The van der Waals surface area contributed by atoms with E-state index in [-0.39, 0.29) is 5.95 Å². The fourth-order valence-electron chi connectivity index (χ4n) is 1.37. The van der Waals surface area contributed by atoms with Crippen LogP contribution in [0.2, 0.25) is 39.3 Å². The molecule has 0 saturated carbocycles. The maximum Gasteiger partial charge on any atom is 0.289 e. The lowest BCUT2D eigenvalue weighted by Crippen LogP contribution is -2.32. The van der Waals surface area contributed by atoms with Gasteiger partial charge in [-0.3, -0.25) is 0 Å². The summed E-state index contributed by atoms with van der Waals surface area (Å²) in [6, 6.07) is 8.90. The van der Waals surface area contributed by atoms with E-state index in [2.05, 4.69) is 0 Å². The summed E-state index contributed by atoms with van der Waals surface area (Å²) < 4.78 is 26.1. The van der Waals surface area contributed by atoms with Gasteiger partial charge in [-0.05, 0) is 39.3 Å². The number of hydrogen-bond donors (Lipinski definition) is 0. The predicted molar refractivity (Wildman–Crippen MR) is 83.3 cm³/mol. The minimum absolute atomic E-state index is 0.0598. The van der Waals surface area contributed by atoms with Gasteiger partial charge in [-0.1, -0.05) is 30.3 Å². The molecule has 0 aliphatic carbocycles. The molecule has 0 N–H and O–H groups in total. The summed E-state index contributed by atoms with van der Waals surface area (Å²) >= 11 is 0. The van der Waals surface area contributed by atoms with Crippen LogP contribution in [0.5, 0.6) is 0 Å². The van der Waals surface area contributed by atoms with Gasteiger partial charge in [-0.2, -0.15) is 4.39 Å². The third kappa shape index (κ3) is 6.07. The van der Waals surface area contributed by atoms with Gasteiger partial charge in [0.15, 0.2) is 0 Å². The van der Waals surface area contributed by atoms with Crippen molar-refractivity contribution < 1.29 is 13.2 Å². The Morgan fingerprint density at radius 2 is 1.26 bits per heavy atom. The zero-order valence-corrected chi connectivity index (χ0v) is 14.6. The van der Waals surface area contributed by atoms with Crippen molar-refractivity contribution in [1.82, 2.24) is 0 Å². The summed E-state index contributed by atoms with van der Waals surface area (Å²) in [6.45, 7) is 12.1. The number of halogens is 1. The number of rotatable bonds is 5. The second-order valence-corrected chi connectivity index (χ2v) is 15.3. The Labute approximate surface area is 117 Å². The van der Waals surface area contributed by atoms with Gasteiger partial charge >= 0.3 is 0 Å². The summed E-state index contributed by atoms with van der Waals surface area (Å²) in [4.78, 5) is 0. The van der Waals surface area contributed by atoms with Gasteiger partial charge in [0.25, 0.3) is 5.95 Å². The van der Waals surface area contributed by atoms with E-state index in [1.54, 1.807) is 24.3 Å². The quantitative estimate of drug-likeness (QED) is 0.563. The zero-order chi connectivity index (χ0) is 14.7. The molecule has 0 spiro atoms. The molecule has 2 nitrogen and oxygen atoms in total. The Balaban J connectivity index is 3.14. The summed E-state index contributed by atoms with van der Waals surface area (Å²) in [7, 11) is -3.83. The van der Waals surface area contributed by atoms with Gasteiger partial charge in [0.05, 0.1) is 0 Å². The Morgan fingerprint density at radius 3 is 1.63 bits per heavy atom. The molecule has 0 amide bonds. The highest BCUT2D eigenvalue weighted by Gasteiger charge is 2.27. The van der Waals surface area contributed by atoms with Gasteiger partial charge in [0.1, 0.15) is 0 Å². The van der Waals surface area contributed by atoms with Gasteiger partial charge in [-0.15, -0.1) is 0 Å². The van der Waals surface area contributed by atoms with Crippen LogP contribution in [0.25, 0.3) is 5.83 Å². The van der Waals surface area contributed by atoms with Crippen molar-refractivity contribution in [2.24, 2.45) is 0 Å². The van der Waals surface area contributed by atoms with Crippen LogP contribution in [-0.2, 0) is 8.85 Å². The average molecular weight is 299 g/mol. The molecule has 0 heterocycles. The Kier molecular flexibility index (Phi) is 4.98. The molecule has 0 fully saturated rings. The minimum atomic E-state index is -1.92. The molecule has 1 rings (SSSR count). The van der Waals surface area contributed by atoms with E-state index >= 15 is 0 Å². The molecule has 5 heteroatoms. The molecule has 106 valence electrons. The van der Waals surface area contributed by atoms with Crippen molar-refractivity contribution in [3.05, 3.63) is 41.8 Å². The van der Waals surface area contributed by atoms with Gasteiger partial charge in [0.2, 0.25) is 22.5 Å². The third-order valence-electron chi connectivity index (χ3n) is 2.00. The SMILES string of the molecule is C[Si](C)(C)OC(O[Si](C)(C)C)=C(F)c1ccccc1. The average Bonchev–Trinajstić information content (AvgIpc) is 2.24. The van der Waals surface area contributed by atoms with Crippen LogP contribution >= 0.6 is 0 Å². The first-order valence-electron chi connectivity index (χ1n) is 6.42. The van der Waals surface area contributed by atoms with E-state index in [4.69, 9.17) is 8.85 Å². The molecule has 19 heavy (non-hydrogen) atoms. The van der Waals surface area contributed by atoms with Crippen LogP contribution < -0.4 is 0 Å². The predicted octanol–water partition coefficient (Wildman–Crippen LogP) is 4.99. The van der Waals surface area contributed by atoms with Crippen molar-refractivity contribution in [2.75, 3.05) is 0 Å². The highest BCUT2D eigenvalue weighted by Crippen LogP contribution is 2.27. The normalized spacial score (nSPS) is 11.9. The summed E-state index contributed by atoms with van der Waals surface area (Å²) in [5, 5.41) is 0. The topological polar surface area (TPSA) is 18.5 Å². The Bertz CT molecular complexity index is 427. The van der Waals surface area contributed by atoms with Crippen molar-refractivity contribution in [2.45, 2.75) is 39.3 Å². The summed E-state index contributed by atoms with van der Waals surface area (Å²) in [5.41, 5.74) is 0.494. The minimum Gasteiger partial charge on any atom is -0.518 e. The maximum atomic E-state index is 14.5. The molecular formula is C14H23FO2Si2. The molecule has 0 unspecified atom stereocenters. The van der Waals surface area contributed by atoms with Gasteiger partial charge in [-0.25, -0.2) is 0 Å². The van der Waals surface area contributed by atoms with Crippen molar-refractivity contribution in [3.8, 4) is 0 Å². The van der Waals surface area contributed by atoms with Crippen LogP contribution in [0.15, 0.2) is 36.3 Å². The summed E-state index contributed by atoms with van der Waals surface area (Å²) in [6.07, 6.45) is 0.